The van der Waals surface area contributed by atoms with E-state index in [1.807, 2.05) is 24.3 Å². The zero-order chi connectivity index (χ0) is 19.1. The molecule has 0 spiro atoms. The van der Waals surface area contributed by atoms with Gasteiger partial charge in [-0.3, -0.25) is 9.89 Å². The number of rotatable bonds is 6. The Morgan fingerprint density at radius 3 is 2.44 bits per heavy atom. The van der Waals surface area contributed by atoms with Crippen molar-refractivity contribution in [1.29, 1.82) is 0 Å². The van der Waals surface area contributed by atoms with Gasteiger partial charge in [-0.25, -0.2) is 0 Å². The van der Waals surface area contributed by atoms with E-state index in [4.69, 9.17) is 10.5 Å². The van der Waals surface area contributed by atoms with E-state index >= 15 is 0 Å². The van der Waals surface area contributed by atoms with Crippen molar-refractivity contribution in [2.75, 3.05) is 32.1 Å². The Bertz CT molecular complexity index is 722. The maximum atomic E-state index is 6.14. The first kappa shape index (κ1) is 19.2. The van der Waals surface area contributed by atoms with Gasteiger partial charge in [0.2, 0.25) is 0 Å². The van der Waals surface area contributed by atoms with E-state index < -0.39 is 0 Å². The molecule has 27 heavy (non-hydrogen) atoms. The highest BCUT2D eigenvalue weighted by Crippen LogP contribution is 2.27. The van der Waals surface area contributed by atoms with Crippen molar-refractivity contribution >= 4 is 11.6 Å². The highest BCUT2D eigenvalue weighted by molar-refractivity contribution is 5.92. The summed E-state index contributed by atoms with van der Waals surface area (Å²) in [5.74, 6) is 2.06. The number of nitrogens with zero attached hydrogens (tertiary/aromatic N) is 2. The summed E-state index contributed by atoms with van der Waals surface area (Å²) in [6, 6.07) is 18.5. The van der Waals surface area contributed by atoms with Gasteiger partial charge in [-0.1, -0.05) is 37.3 Å². The molecule has 3 N–H and O–H groups in total. The fourth-order valence-corrected chi connectivity index (χ4v) is 3.49. The number of benzene rings is 2. The molecule has 144 valence electrons. The Morgan fingerprint density at radius 1 is 1.15 bits per heavy atom. The van der Waals surface area contributed by atoms with Crippen LogP contribution in [0.25, 0.3) is 0 Å². The number of hydrogen-bond acceptors (Lipinski definition) is 3. The van der Waals surface area contributed by atoms with Crippen molar-refractivity contribution < 1.29 is 4.74 Å². The molecule has 5 nitrogen and oxygen atoms in total. The number of methoxy groups -OCH3 is 1. The second kappa shape index (κ2) is 9.42. The van der Waals surface area contributed by atoms with E-state index in [1.165, 1.54) is 18.4 Å². The normalized spacial score (nSPS) is 17.5. The van der Waals surface area contributed by atoms with Crippen LogP contribution in [0, 0.1) is 5.92 Å². The molecular weight excluding hydrogens is 336 g/mol. The SMILES string of the molecule is COc1ccc(NC(N)=NCC(c2ccccc2)N2CCC(C)CC2)cc1. The molecule has 2 aromatic rings. The number of nitrogens with one attached hydrogen (secondary N) is 1. The highest BCUT2D eigenvalue weighted by atomic mass is 16.5. The molecule has 0 radical (unpaired) electrons. The van der Waals surface area contributed by atoms with Crippen LogP contribution < -0.4 is 15.8 Å². The highest BCUT2D eigenvalue weighted by Gasteiger charge is 2.24. The summed E-state index contributed by atoms with van der Waals surface area (Å²) in [5.41, 5.74) is 8.35. The van der Waals surface area contributed by atoms with Gasteiger partial charge in [0.15, 0.2) is 5.96 Å². The van der Waals surface area contributed by atoms with Gasteiger partial charge in [0, 0.05) is 5.69 Å². The molecule has 3 rings (SSSR count). The standard InChI is InChI=1S/C22H30N4O/c1-17-12-14-26(15-13-17)21(18-6-4-3-5-7-18)16-24-22(23)25-19-8-10-20(27-2)11-9-19/h3-11,17,21H,12-16H2,1-2H3,(H3,23,24,25). The van der Waals surface area contributed by atoms with E-state index in [0.717, 1.165) is 30.4 Å². The smallest absolute Gasteiger partial charge is 0.193 e. The number of ether oxygens (including phenoxy) is 1. The van der Waals surface area contributed by atoms with Crippen LogP contribution in [-0.4, -0.2) is 37.6 Å². The molecule has 0 saturated carbocycles. The zero-order valence-electron chi connectivity index (χ0n) is 16.3. The summed E-state index contributed by atoms with van der Waals surface area (Å²) in [7, 11) is 1.66. The van der Waals surface area contributed by atoms with Gasteiger partial charge in [-0.15, -0.1) is 0 Å². The van der Waals surface area contributed by atoms with Crippen molar-refractivity contribution in [3.05, 3.63) is 60.2 Å². The number of aliphatic imine (C=N–C) groups is 1. The molecule has 1 aliphatic heterocycles. The van der Waals surface area contributed by atoms with Gasteiger partial charge in [0.1, 0.15) is 5.75 Å². The minimum absolute atomic E-state index is 0.259. The van der Waals surface area contributed by atoms with Crippen molar-refractivity contribution in [3.8, 4) is 5.75 Å². The van der Waals surface area contributed by atoms with Gasteiger partial charge in [0.25, 0.3) is 0 Å². The van der Waals surface area contributed by atoms with Crippen LogP contribution in [0.3, 0.4) is 0 Å². The summed E-state index contributed by atoms with van der Waals surface area (Å²) in [4.78, 5) is 7.18. The van der Waals surface area contributed by atoms with Crippen molar-refractivity contribution in [1.82, 2.24) is 4.90 Å². The third kappa shape index (κ3) is 5.47. The molecule has 2 aromatic carbocycles. The molecule has 0 aromatic heterocycles. The number of likely N-dealkylation sites (tertiary alicyclic amines) is 1. The van der Waals surface area contributed by atoms with Crippen molar-refractivity contribution in [2.45, 2.75) is 25.8 Å². The molecule has 0 amide bonds. The lowest BCUT2D eigenvalue weighted by molar-refractivity contribution is 0.141. The predicted octanol–water partition coefficient (Wildman–Crippen LogP) is 3.90. The van der Waals surface area contributed by atoms with Crippen LogP contribution in [0.15, 0.2) is 59.6 Å². The lowest BCUT2D eigenvalue weighted by atomic mass is 9.96. The molecule has 0 bridgehead atoms. The van der Waals surface area contributed by atoms with E-state index in [9.17, 15) is 0 Å². The minimum atomic E-state index is 0.259. The Labute approximate surface area is 162 Å². The Kier molecular flexibility index (Phi) is 6.71. The van der Waals surface area contributed by atoms with Crippen molar-refractivity contribution in [3.63, 3.8) is 0 Å². The third-order valence-electron chi connectivity index (χ3n) is 5.24. The lowest BCUT2D eigenvalue weighted by Crippen LogP contribution is -2.38. The molecular formula is C22H30N4O. The molecule has 1 unspecified atom stereocenters. The van der Waals surface area contributed by atoms with Gasteiger partial charge in [0.05, 0.1) is 19.7 Å². The first-order valence-corrected chi connectivity index (χ1v) is 9.65. The molecule has 1 atom stereocenters. The van der Waals surface area contributed by atoms with Crippen LogP contribution in [-0.2, 0) is 0 Å². The van der Waals surface area contributed by atoms with E-state index in [0.29, 0.717) is 12.5 Å². The fraction of sp³-hybridized carbons (Fsp3) is 0.409. The second-order valence-electron chi connectivity index (χ2n) is 7.22. The second-order valence-corrected chi connectivity index (χ2v) is 7.22. The van der Waals surface area contributed by atoms with Crippen LogP contribution in [0.2, 0.25) is 0 Å². The van der Waals surface area contributed by atoms with Gasteiger partial charge >= 0.3 is 0 Å². The average Bonchev–Trinajstić information content (AvgIpc) is 2.71. The Balaban J connectivity index is 1.68. The topological polar surface area (TPSA) is 62.9 Å². The minimum Gasteiger partial charge on any atom is -0.497 e. The first-order chi connectivity index (χ1) is 13.2. The molecule has 1 saturated heterocycles. The lowest BCUT2D eigenvalue weighted by Gasteiger charge is -2.36. The Hall–Kier alpha value is -2.53. The summed E-state index contributed by atoms with van der Waals surface area (Å²) >= 11 is 0. The summed E-state index contributed by atoms with van der Waals surface area (Å²) in [6.45, 7) is 5.21. The first-order valence-electron chi connectivity index (χ1n) is 9.65. The monoisotopic (exact) mass is 366 g/mol. The number of piperidine rings is 1. The summed E-state index contributed by atoms with van der Waals surface area (Å²) in [5, 5.41) is 3.16. The fourth-order valence-electron chi connectivity index (χ4n) is 3.49. The molecule has 5 heteroatoms. The van der Waals surface area contributed by atoms with Crippen LogP contribution in [0.1, 0.15) is 31.4 Å². The van der Waals surface area contributed by atoms with E-state index in [-0.39, 0.29) is 6.04 Å². The zero-order valence-corrected chi connectivity index (χ0v) is 16.3. The maximum absolute atomic E-state index is 6.14. The van der Waals surface area contributed by atoms with E-state index in [2.05, 4.69) is 52.5 Å². The van der Waals surface area contributed by atoms with Gasteiger partial charge in [-0.05, 0) is 61.7 Å². The molecule has 1 fully saturated rings. The van der Waals surface area contributed by atoms with Crippen molar-refractivity contribution in [2.24, 2.45) is 16.6 Å². The number of hydrogen-bond donors (Lipinski definition) is 2. The van der Waals surface area contributed by atoms with Gasteiger partial charge < -0.3 is 15.8 Å². The average molecular weight is 367 g/mol. The van der Waals surface area contributed by atoms with E-state index in [1.54, 1.807) is 7.11 Å². The third-order valence-corrected chi connectivity index (χ3v) is 5.24. The van der Waals surface area contributed by atoms with Crippen LogP contribution in [0.5, 0.6) is 5.75 Å². The predicted molar refractivity (Wildman–Crippen MR) is 112 cm³/mol. The molecule has 1 heterocycles. The number of nitrogens with two attached hydrogens (primary N) is 1. The number of anilines is 1. The number of guanidine groups is 1. The largest absolute Gasteiger partial charge is 0.497 e. The van der Waals surface area contributed by atoms with Crippen LogP contribution in [0.4, 0.5) is 5.69 Å². The summed E-state index contributed by atoms with van der Waals surface area (Å²) < 4.78 is 5.18. The maximum Gasteiger partial charge on any atom is 0.193 e. The van der Waals surface area contributed by atoms with Crippen LogP contribution >= 0.6 is 0 Å². The Morgan fingerprint density at radius 2 is 1.81 bits per heavy atom. The molecule has 0 aliphatic carbocycles. The summed E-state index contributed by atoms with van der Waals surface area (Å²) in [6.07, 6.45) is 2.49. The quantitative estimate of drug-likeness (QED) is 0.601. The van der Waals surface area contributed by atoms with Gasteiger partial charge in [-0.2, -0.15) is 0 Å². The molecule has 1 aliphatic rings.